The molecule has 0 spiro atoms. The Morgan fingerprint density at radius 2 is 2.03 bits per heavy atom. The molecule has 0 bridgehead atoms. The first-order chi connectivity index (χ1) is 15.2. The van der Waals surface area contributed by atoms with Gasteiger partial charge >= 0.3 is 0 Å². The van der Waals surface area contributed by atoms with Crippen LogP contribution in [0.2, 0.25) is 0 Å². The number of ether oxygens (including phenoxy) is 3. The molecule has 31 heavy (non-hydrogen) atoms. The van der Waals surface area contributed by atoms with E-state index in [0.29, 0.717) is 25.5 Å². The normalized spacial score (nSPS) is 14.8. The number of hydrogen-bond acceptors (Lipinski definition) is 7. The molecule has 1 aliphatic rings. The Labute approximate surface area is 184 Å². The van der Waals surface area contributed by atoms with E-state index in [4.69, 9.17) is 24.2 Å². The van der Waals surface area contributed by atoms with Crippen LogP contribution in [-0.4, -0.2) is 45.3 Å². The van der Waals surface area contributed by atoms with Gasteiger partial charge in [-0.3, -0.25) is 0 Å². The Morgan fingerprint density at radius 1 is 1.16 bits per heavy atom. The molecule has 1 saturated heterocycles. The van der Waals surface area contributed by atoms with Crippen molar-refractivity contribution in [1.29, 1.82) is 0 Å². The van der Waals surface area contributed by atoms with Gasteiger partial charge in [0.2, 0.25) is 5.88 Å². The second-order valence-corrected chi connectivity index (χ2v) is 8.50. The molecule has 0 aliphatic carbocycles. The first-order valence-electron chi connectivity index (χ1n) is 10.4. The molecule has 1 fully saturated rings. The van der Waals surface area contributed by atoms with E-state index >= 15 is 0 Å². The Balaban J connectivity index is 1.58. The predicted octanol–water partition coefficient (Wildman–Crippen LogP) is 4.34. The van der Waals surface area contributed by atoms with E-state index in [1.54, 1.807) is 7.11 Å². The van der Waals surface area contributed by atoms with Crippen LogP contribution in [0.5, 0.6) is 11.6 Å². The number of rotatable bonds is 6. The van der Waals surface area contributed by atoms with Crippen molar-refractivity contribution < 1.29 is 14.2 Å². The predicted molar refractivity (Wildman–Crippen MR) is 120 cm³/mol. The molecule has 4 heterocycles. The molecule has 0 saturated carbocycles. The van der Waals surface area contributed by atoms with Crippen LogP contribution in [-0.2, 0) is 11.2 Å². The fourth-order valence-corrected chi connectivity index (χ4v) is 4.53. The molecule has 0 N–H and O–H groups in total. The van der Waals surface area contributed by atoms with E-state index in [-0.39, 0.29) is 6.10 Å². The van der Waals surface area contributed by atoms with Gasteiger partial charge in [0.15, 0.2) is 0 Å². The molecule has 1 aliphatic heterocycles. The summed E-state index contributed by atoms with van der Waals surface area (Å²) in [5, 5.41) is 0. The lowest BCUT2D eigenvalue weighted by Crippen LogP contribution is -2.26. The second kappa shape index (κ2) is 8.64. The number of aromatic nitrogens is 4. The van der Waals surface area contributed by atoms with Crippen molar-refractivity contribution in [3.63, 3.8) is 0 Å². The quantitative estimate of drug-likeness (QED) is 0.448. The summed E-state index contributed by atoms with van der Waals surface area (Å²) in [4.78, 5) is 10.8. The standard InChI is InChI=1S/C23H24N4O3S/c1-15-12-19(31-26-15)14-21-24-20-6-9-27(16-4-3-5-18(13-16)28-2)22(20)23(25-21)30-17-7-10-29-11-8-17/h3-6,9,12-13,17H,7-8,10-11,14H2,1-2H3. The first kappa shape index (κ1) is 20.0. The van der Waals surface area contributed by atoms with Gasteiger partial charge in [-0.2, -0.15) is 9.36 Å². The smallest absolute Gasteiger partial charge is 0.242 e. The molecule has 4 aromatic rings. The fraction of sp³-hybridized carbons (Fsp3) is 0.348. The highest BCUT2D eigenvalue weighted by Gasteiger charge is 2.21. The minimum atomic E-state index is 0.0824. The molecule has 7 nitrogen and oxygen atoms in total. The van der Waals surface area contributed by atoms with Crippen LogP contribution in [0.3, 0.4) is 0 Å². The lowest BCUT2D eigenvalue weighted by Gasteiger charge is -2.23. The largest absolute Gasteiger partial charge is 0.497 e. The Kier molecular flexibility index (Phi) is 5.57. The van der Waals surface area contributed by atoms with E-state index in [0.717, 1.165) is 51.7 Å². The summed E-state index contributed by atoms with van der Waals surface area (Å²) < 4.78 is 23.8. The van der Waals surface area contributed by atoms with Gasteiger partial charge < -0.3 is 18.8 Å². The van der Waals surface area contributed by atoms with Gasteiger partial charge in [0.1, 0.15) is 23.2 Å². The lowest BCUT2D eigenvalue weighted by molar-refractivity contribution is 0.0242. The van der Waals surface area contributed by atoms with Crippen LogP contribution in [0.1, 0.15) is 29.2 Å². The Bertz CT molecular complexity index is 1200. The van der Waals surface area contributed by atoms with Crippen molar-refractivity contribution >= 4 is 22.6 Å². The fourth-order valence-electron chi connectivity index (χ4n) is 3.80. The molecule has 0 amide bonds. The van der Waals surface area contributed by atoms with Crippen molar-refractivity contribution in [3.8, 4) is 17.3 Å². The van der Waals surface area contributed by atoms with E-state index in [9.17, 15) is 0 Å². The molecule has 1 aromatic carbocycles. The van der Waals surface area contributed by atoms with Gasteiger partial charge in [0, 0.05) is 42.1 Å². The summed E-state index contributed by atoms with van der Waals surface area (Å²) in [5.74, 6) is 2.15. The lowest BCUT2D eigenvalue weighted by atomic mass is 10.1. The van der Waals surface area contributed by atoms with Crippen LogP contribution in [0.25, 0.3) is 16.7 Å². The SMILES string of the molecule is COc1cccc(-n2ccc3nc(Cc4cc(C)ns4)nc(OC4CCOCC4)c32)c1. The van der Waals surface area contributed by atoms with Crippen molar-refractivity contribution in [3.05, 3.63) is 59.0 Å². The van der Waals surface area contributed by atoms with Crippen molar-refractivity contribution in [2.24, 2.45) is 0 Å². The monoisotopic (exact) mass is 436 g/mol. The molecule has 5 rings (SSSR count). The number of benzene rings is 1. The van der Waals surface area contributed by atoms with Crippen LogP contribution in [0, 0.1) is 6.92 Å². The van der Waals surface area contributed by atoms with E-state index in [2.05, 4.69) is 15.0 Å². The highest BCUT2D eigenvalue weighted by atomic mass is 32.1. The van der Waals surface area contributed by atoms with Crippen molar-refractivity contribution in [2.45, 2.75) is 32.3 Å². The minimum absolute atomic E-state index is 0.0824. The average molecular weight is 437 g/mol. The minimum Gasteiger partial charge on any atom is -0.497 e. The summed E-state index contributed by atoms with van der Waals surface area (Å²) in [6.45, 7) is 3.42. The maximum atomic E-state index is 6.43. The zero-order chi connectivity index (χ0) is 21.2. The summed E-state index contributed by atoms with van der Waals surface area (Å²) >= 11 is 1.49. The Morgan fingerprint density at radius 3 is 2.81 bits per heavy atom. The molecule has 0 atom stereocenters. The van der Waals surface area contributed by atoms with Crippen LogP contribution in [0.4, 0.5) is 0 Å². The molecule has 160 valence electrons. The molecule has 0 unspecified atom stereocenters. The topological polar surface area (TPSA) is 71.3 Å². The van der Waals surface area contributed by atoms with Gasteiger partial charge in [-0.1, -0.05) is 6.07 Å². The first-order valence-corrected chi connectivity index (χ1v) is 11.2. The van der Waals surface area contributed by atoms with Crippen molar-refractivity contribution in [2.75, 3.05) is 20.3 Å². The zero-order valence-electron chi connectivity index (χ0n) is 17.6. The zero-order valence-corrected chi connectivity index (χ0v) is 18.4. The van der Waals surface area contributed by atoms with E-state index in [1.807, 2.05) is 43.5 Å². The number of fused-ring (bicyclic) bond motifs is 1. The third-order valence-corrected chi connectivity index (χ3v) is 6.21. The Hall–Kier alpha value is -2.97. The summed E-state index contributed by atoms with van der Waals surface area (Å²) in [6, 6.07) is 12.0. The molecular formula is C23H24N4O3S. The number of methoxy groups -OCH3 is 1. The van der Waals surface area contributed by atoms with Crippen LogP contribution < -0.4 is 9.47 Å². The summed E-state index contributed by atoms with van der Waals surface area (Å²) in [6.07, 6.45) is 4.43. The van der Waals surface area contributed by atoms with E-state index in [1.165, 1.54) is 11.5 Å². The van der Waals surface area contributed by atoms with Gasteiger partial charge in [0.05, 0.1) is 31.5 Å². The summed E-state index contributed by atoms with van der Waals surface area (Å²) in [7, 11) is 1.67. The average Bonchev–Trinajstić information content (AvgIpc) is 3.40. The van der Waals surface area contributed by atoms with Crippen LogP contribution in [0.15, 0.2) is 42.6 Å². The molecule has 0 radical (unpaired) electrons. The van der Waals surface area contributed by atoms with E-state index < -0.39 is 0 Å². The van der Waals surface area contributed by atoms with Crippen LogP contribution >= 0.6 is 11.5 Å². The van der Waals surface area contributed by atoms with Gasteiger partial charge in [-0.05, 0) is 42.7 Å². The highest BCUT2D eigenvalue weighted by molar-refractivity contribution is 7.05. The molecule has 8 heteroatoms. The molecular weight excluding hydrogens is 412 g/mol. The number of nitrogens with zero attached hydrogens (tertiary/aromatic N) is 4. The van der Waals surface area contributed by atoms with Gasteiger partial charge in [-0.25, -0.2) is 4.98 Å². The second-order valence-electron chi connectivity index (χ2n) is 7.61. The highest BCUT2D eigenvalue weighted by Crippen LogP contribution is 2.30. The van der Waals surface area contributed by atoms with Gasteiger partial charge in [0.25, 0.3) is 0 Å². The summed E-state index contributed by atoms with van der Waals surface area (Å²) in [5.41, 5.74) is 3.71. The van der Waals surface area contributed by atoms with Gasteiger partial charge in [-0.15, -0.1) is 0 Å². The number of hydrogen-bond donors (Lipinski definition) is 0. The molecule has 3 aromatic heterocycles. The number of aryl methyl sites for hydroxylation is 1. The third-order valence-electron chi connectivity index (χ3n) is 5.33. The van der Waals surface area contributed by atoms with Crippen molar-refractivity contribution in [1.82, 2.24) is 18.9 Å². The maximum Gasteiger partial charge on any atom is 0.242 e. The maximum absolute atomic E-state index is 6.43. The third kappa shape index (κ3) is 4.26.